The van der Waals surface area contributed by atoms with Gasteiger partial charge in [0.2, 0.25) is 0 Å². The molecule has 0 fully saturated rings. The lowest BCUT2D eigenvalue weighted by molar-refractivity contribution is -0.885. The second-order valence-corrected chi connectivity index (χ2v) is 5.53. The maximum atomic E-state index is 13.1. The fourth-order valence-corrected chi connectivity index (χ4v) is 2.37. The number of rotatable bonds is 5. The second-order valence-electron chi connectivity index (χ2n) is 5.53. The van der Waals surface area contributed by atoms with Gasteiger partial charge in [-0.2, -0.15) is 13.2 Å². The van der Waals surface area contributed by atoms with Crippen LogP contribution >= 0.6 is 0 Å². The average molecular weight is 341 g/mol. The number of benzene rings is 2. The summed E-state index contributed by atoms with van der Waals surface area (Å²) >= 11 is 0. The van der Waals surface area contributed by atoms with Gasteiger partial charge in [0.05, 0.1) is 18.3 Å². The van der Waals surface area contributed by atoms with E-state index >= 15 is 0 Å². The summed E-state index contributed by atoms with van der Waals surface area (Å²) in [4.78, 5) is 12.7. The van der Waals surface area contributed by atoms with Gasteiger partial charge in [-0.25, -0.2) is 4.39 Å². The van der Waals surface area contributed by atoms with Crippen molar-refractivity contribution in [3.05, 3.63) is 65.5 Å². The lowest BCUT2D eigenvalue weighted by Crippen LogP contribution is -3.08. The van der Waals surface area contributed by atoms with E-state index in [4.69, 9.17) is 0 Å². The Morgan fingerprint density at radius 1 is 1.12 bits per heavy atom. The van der Waals surface area contributed by atoms with Crippen molar-refractivity contribution in [3.63, 3.8) is 0 Å². The van der Waals surface area contributed by atoms with E-state index in [9.17, 15) is 22.4 Å². The number of anilines is 1. The van der Waals surface area contributed by atoms with Crippen LogP contribution in [0.2, 0.25) is 0 Å². The summed E-state index contributed by atoms with van der Waals surface area (Å²) in [5, 5.41) is 2.29. The van der Waals surface area contributed by atoms with E-state index in [-0.39, 0.29) is 18.0 Å². The van der Waals surface area contributed by atoms with Gasteiger partial charge in [-0.1, -0.05) is 24.3 Å². The Kier molecular flexibility index (Phi) is 5.56. The van der Waals surface area contributed by atoms with Crippen LogP contribution in [0, 0.1) is 5.82 Å². The standard InChI is InChI=1S/C17H16F4N2O/c1-23(10-12-5-4-6-13(18)9-12)11-16(24)22-15-8-3-2-7-14(15)17(19,20)21/h2-9H,10-11H2,1H3,(H,22,24)/p+1. The Morgan fingerprint density at radius 2 is 1.83 bits per heavy atom. The Balaban J connectivity index is 1.98. The minimum atomic E-state index is -4.54. The van der Waals surface area contributed by atoms with Crippen molar-refractivity contribution in [1.82, 2.24) is 0 Å². The molecule has 0 aliphatic carbocycles. The molecule has 1 unspecified atom stereocenters. The molecule has 7 heteroatoms. The topological polar surface area (TPSA) is 33.5 Å². The summed E-state index contributed by atoms with van der Waals surface area (Å²) in [7, 11) is 1.71. The minimum Gasteiger partial charge on any atom is -0.326 e. The minimum absolute atomic E-state index is 0.0390. The number of hydrogen-bond acceptors (Lipinski definition) is 1. The molecule has 0 spiro atoms. The molecular formula is C17H17F4N2O+. The van der Waals surface area contributed by atoms with Crippen molar-refractivity contribution in [1.29, 1.82) is 0 Å². The highest BCUT2D eigenvalue weighted by molar-refractivity contribution is 5.92. The third-order valence-electron chi connectivity index (χ3n) is 3.36. The zero-order chi connectivity index (χ0) is 17.7. The summed E-state index contributed by atoms with van der Waals surface area (Å²) in [6.07, 6.45) is -4.54. The predicted octanol–water partition coefficient (Wildman–Crippen LogP) is 2.50. The maximum absolute atomic E-state index is 13.1. The van der Waals surface area contributed by atoms with Crippen LogP contribution in [-0.4, -0.2) is 19.5 Å². The van der Waals surface area contributed by atoms with Gasteiger partial charge >= 0.3 is 6.18 Å². The summed E-state index contributed by atoms with van der Waals surface area (Å²) < 4.78 is 51.8. The smallest absolute Gasteiger partial charge is 0.326 e. The first-order valence-electron chi connectivity index (χ1n) is 7.27. The first-order valence-corrected chi connectivity index (χ1v) is 7.27. The fraction of sp³-hybridized carbons (Fsp3) is 0.235. The Labute approximate surface area is 136 Å². The van der Waals surface area contributed by atoms with Crippen molar-refractivity contribution in [2.24, 2.45) is 0 Å². The monoisotopic (exact) mass is 341 g/mol. The predicted molar refractivity (Wildman–Crippen MR) is 81.9 cm³/mol. The lowest BCUT2D eigenvalue weighted by atomic mass is 10.1. The number of halogens is 4. The van der Waals surface area contributed by atoms with Crippen LogP contribution in [0.3, 0.4) is 0 Å². The first kappa shape index (κ1) is 17.9. The van der Waals surface area contributed by atoms with E-state index in [0.717, 1.165) is 11.0 Å². The highest BCUT2D eigenvalue weighted by Crippen LogP contribution is 2.34. The quantitative estimate of drug-likeness (QED) is 0.805. The number of hydrogen-bond donors (Lipinski definition) is 2. The van der Waals surface area contributed by atoms with Crippen LogP contribution in [0.4, 0.5) is 23.2 Å². The zero-order valence-electron chi connectivity index (χ0n) is 13.0. The van der Waals surface area contributed by atoms with Gasteiger partial charge in [-0.05, 0) is 24.3 Å². The van der Waals surface area contributed by atoms with E-state index in [1.807, 2.05) is 0 Å². The highest BCUT2D eigenvalue weighted by Gasteiger charge is 2.33. The van der Waals surface area contributed by atoms with Crippen LogP contribution < -0.4 is 10.2 Å². The highest BCUT2D eigenvalue weighted by atomic mass is 19.4. The number of carbonyl (C=O) groups excluding carboxylic acids is 1. The van der Waals surface area contributed by atoms with Crippen molar-refractivity contribution in [2.45, 2.75) is 12.7 Å². The summed E-state index contributed by atoms with van der Waals surface area (Å²) in [5.74, 6) is -0.913. The molecule has 0 heterocycles. The zero-order valence-corrected chi connectivity index (χ0v) is 13.0. The molecular weight excluding hydrogens is 324 g/mol. The van der Waals surface area contributed by atoms with Gasteiger partial charge in [-0.3, -0.25) is 4.79 Å². The molecule has 0 aliphatic heterocycles. The molecule has 2 aromatic rings. The number of carbonyl (C=O) groups is 1. The van der Waals surface area contributed by atoms with Crippen LogP contribution in [0.25, 0.3) is 0 Å². The number of nitrogens with one attached hydrogen (secondary N) is 2. The van der Waals surface area contributed by atoms with Crippen LogP contribution in [0.1, 0.15) is 11.1 Å². The molecule has 0 aromatic heterocycles. The number of amides is 1. The van der Waals surface area contributed by atoms with Crippen molar-refractivity contribution < 1.29 is 27.3 Å². The SMILES string of the molecule is C[NH+](CC(=O)Nc1ccccc1C(F)(F)F)Cc1cccc(F)c1. The molecule has 0 saturated heterocycles. The first-order chi connectivity index (χ1) is 11.3. The van der Waals surface area contributed by atoms with Gasteiger partial charge in [0.1, 0.15) is 12.4 Å². The molecule has 2 N–H and O–H groups in total. The number of likely N-dealkylation sites (N-methyl/N-ethyl adjacent to an activating group) is 1. The van der Waals surface area contributed by atoms with Crippen LogP contribution in [0.5, 0.6) is 0 Å². The molecule has 1 atom stereocenters. The number of para-hydroxylation sites is 1. The van der Waals surface area contributed by atoms with Gasteiger partial charge in [0.15, 0.2) is 6.54 Å². The summed E-state index contributed by atoms with van der Waals surface area (Å²) in [5.41, 5.74) is -0.453. The Morgan fingerprint density at radius 3 is 2.50 bits per heavy atom. The largest absolute Gasteiger partial charge is 0.418 e. The van der Waals surface area contributed by atoms with Gasteiger partial charge in [0.25, 0.3) is 5.91 Å². The van der Waals surface area contributed by atoms with Crippen molar-refractivity contribution >= 4 is 11.6 Å². The van der Waals surface area contributed by atoms with E-state index in [0.29, 0.717) is 12.1 Å². The molecule has 128 valence electrons. The molecule has 0 aliphatic rings. The Bertz CT molecular complexity index is 716. The molecule has 0 saturated carbocycles. The molecule has 0 radical (unpaired) electrons. The molecule has 2 rings (SSSR count). The average Bonchev–Trinajstić information content (AvgIpc) is 2.46. The molecule has 1 amide bonds. The second kappa shape index (κ2) is 7.44. The van der Waals surface area contributed by atoms with Crippen molar-refractivity contribution in [3.8, 4) is 0 Å². The third kappa shape index (κ3) is 5.06. The molecule has 3 nitrogen and oxygen atoms in total. The van der Waals surface area contributed by atoms with Crippen LogP contribution in [0.15, 0.2) is 48.5 Å². The molecule has 0 bridgehead atoms. The third-order valence-corrected chi connectivity index (χ3v) is 3.36. The lowest BCUT2D eigenvalue weighted by Gasteiger charge is -2.16. The molecule has 2 aromatic carbocycles. The van der Waals surface area contributed by atoms with Crippen LogP contribution in [-0.2, 0) is 17.5 Å². The fourth-order valence-electron chi connectivity index (χ4n) is 2.37. The van der Waals surface area contributed by atoms with Gasteiger partial charge in [0, 0.05) is 5.56 Å². The number of quaternary nitrogens is 1. The maximum Gasteiger partial charge on any atom is 0.418 e. The molecule has 24 heavy (non-hydrogen) atoms. The van der Waals surface area contributed by atoms with E-state index in [1.165, 1.54) is 30.3 Å². The Hall–Kier alpha value is -2.41. The van der Waals surface area contributed by atoms with E-state index in [1.54, 1.807) is 19.2 Å². The number of alkyl halides is 3. The summed E-state index contributed by atoms with van der Waals surface area (Å²) in [6.45, 7) is 0.342. The van der Waals surface area contributed by atoms with Crippen molar-refractivity contribution in [2.75, 3.05) is 18.9 Å². The van der Waals surface area contributed by atoms with E-state index < -0.39 is 17.6 Å². The normalized spacial score (nSPS) is 12.7. The van der Waals surface area contributed by atoms with Gasteiger partial charge < -0.3 is 10.2 Å². The van der Waals surface area contributed by atoms with Gasteiger partial charge in [-0.15, -0.1) is 0 Å². The summed E-state index contributed by atoms with van der Waals surface area (Å²) in [6, 6.07) is 10.8. The van der Waals surface area contributed by atoms with E-state index in [2.05, 4.69) is 5.32 Å².